The lowest BCUT2D eigenvalue weighted by molar-refractivity contribution is 0.148. The van der Waals surface area contributed by atoms with Gasteiger partial charge in [0, 0.05) is 25.7 Å². The van der Waals surface area contributed by atoms with Crippen molar-refractivity contribution < 1.29 is 0 Å². The van der Waals surface area contributed by atoms with Crippen LogP contribution in [0, 0.1) is 0 Å². The second-order valence-electron chi connectivity index (χ2n) is 4.44. The topological polar surface area (TPSA) is 60.0 Å². The third kappa shape index (κ3) is 3.20. The molecule has 1 unspecified atom stereocenters. The zero-order valence-corrected chi connectivity index (χ0v) is 11.2. The standard InChI is InChI=1S/C11H21N5S/c1-17-6-2-3-10(7-12)15-4-5-16-9-13-14-11(16)8-15/h9-10H,2-8,12H2,1H3. The van der Waals surface area contributed by atoms with Gasteiger partial charge in [0.1, 0.15) is 12.2 Å². The summed E-state index contributed by atoms with van der Waals surface area (Å²) in [5, 5.41) is 8.10. The average molecular weight is 255 g/mol. The van der Waals surface area contributed by atoms with Crippen LogP contribution in [0.4, 0.5) is 0 Å². The lowest BCUT2D eigenvalue weighted by Crippen LogP contribution is -2.44. The van der Waals surface area contributed by atoms with Gasteiger partial charge in [0.2, 0.25) is 0 Å². The van der Waals surface area contributed by atoms with Crippen LogP contribution in [0.25, 0.3) is 0 Å². The second kappa shape index (κ2) is 6.37. The highest BCUT2D eigenvalue weighted by atomic mass is 32.2. The van der Waals surface area contributed by atoms with Gasteiger partial charge in [-0.15, -0.1) is 10.2 Å². The molecular formula is C11H21N5S. The van der Waals surface area contributed by atoms with Gasteiger partial charge in [-0.1, -0.05) is 0 Å². The summed E-state index contributed by atoms with van der Waals surface area (Å²) in [6, 6.07) is 0.493. The first-order valence-electron chi connectivity index (χ1n) is 6.15. The van der Waals surface area contributed by atoms with Gasteiger partial charge >= 0.3 is 0 Å². The minimum Gasteiger partial charge on any atom is -0.329 e. The molecule has 6 heteroatoms. The molecule has 2 rings (SSSR count). The number of thioether (sulfide) groups is 1. The highest BCUT2D eigenvalue weighted by Gasteiger charge is 2.23. The Morgan fingerprint density at radius 2 is 2.41 bits per heavy atom. The third-order valence-electron chi connectivity index (χ3n) is 3.34. The van der Waals surface area contributed by atoms with E-state index in [1.165, 1.54) is 18.6 Å². The molecule has 0 spiro atoms. The minimum absolute atomic E-state index is 0.493. The molecule has 0 bridgehead atoms. The maximum Gasteiger partial charge on any atom is 0.147 e. The van der Waals surface area contributed by atoms with Crippen LogP contribution in [0.15, 0.2) is 6.33 Å². The molecule has 96 valence electrons. The van der Waals surface area contributed by atoms with Crippen LogP contribution in [0.3, 0.4) is 0 Å². The molecule has 1 aromatic rings. The molecule has 17 heavy (non-hydrogen) atoms. The van der Waals surface area contributed by atoms with Gasteiger partial charge in [-0.05, 0) is 24.9 Å². The van der Waals surface area contributed by atoms with E-state index in [2.05, 4.69) is 25.9 Å². The van der Waals surface area contributed by atoms with E-state index in [-0.39, 0.29) is 0 Å². The zero-order valence-electron chi connectivity index (χ0n) is 10.4. The van der Waals surface area contributed by atoms with Gasteiger partial charge in [0.05, 0.1) is 6.54 Å². The van der Waals surface area contributed by atoms with Crippen molar-refractivity contribution in [2.75, 3.05) is 25.1 Å². The monoisotopic (exact) mass is 255 g/mol. The quantitative estimate of drug-likeness (QED) is 0.753. The van der Waals surface area contributed by atoms with E-state index in [0.29, 0.717) is 6.04 Å². The average Bonchev–Trinajstić information content (AvgIpc) is 2.82. The molecule has 0 saturated carbocycles. The molecule has 0 aromatic carbocycles. The van der Waals surface area contributed by atoms with E-state index >= 15 is 0 Å². The molecule has 1 atom stereocenters. The summed E-state index contributed by atoms with van der Waals surface area (Å²) in [7, 11) is 0. The number of hydrogen-bond acceptors (Lipinski definition) is 5. The van der Waals surface area contributed by atoms with Crippen molar-refractivity contribution in [3.05, 3.63) is 12.2 Å². The van der Waals surface area contributed by atoms with Gasteiger partial charge in [-0.25, -0.2) is 0 Å². The van der Waals surface area contributed by atoms with Crippen molar-refractivity contribution in [3.63, 3.8) is 0 Å². The van der Waals surface area contributed by atoms with Crippen molar-refractivity contribution in [2.24, 2.45) is 5.73 Å². The molecule has 0 fully saturated rings. The summed E-state index contributed by atoms with van der Waals surface area (Å²) in [6.07, 6.45) is 6.40. The first-order chi connectivity index (χ1) is 8.35. The van der Waals surface area contributed by atoms with Crippen LogP contribution in [0.5, 0.6) is 0 Å². The van der Waals surface area contributed by atoms with Crippen molar-refractivity contribution in [3.8, 4) is 0 Å². The van der Waals surface area contributed by atoms with Crippen LogP contribution in [-0.2, 0) is 13.1 Å². The second-order valence-corrected chi connectivity index (χ2v) is 5.42. The highest BCUT2D eigenvalue weighted by molar-refractivity contribution is 7.98. The van der Waals surface area contributed by atoms with Crippen molar-refractivity contribution in [1.29, 1.82) is 0 Å². The Balaban J connectivity index is 1.88. The Bertz CT molecular complexity index is 340. The summed E-state index contributed by atoms with van der Waals surface area (Å²) in [6.45, 7) is 3.68. The number of fused-ring (bicyclic) bond motifs is 1. The largest absolute Gasteiger partial charge is 0.329 e. The lowest BCUT2D eigenvalue weighted by atomic mass is 10.1. The number of nitrogens with zero attached hydrogens (tertiary/aromatic N) is 4. The van der Waals surface area contributed by atoms with E-state index in [9.17, 15) is 0 Å². The number of nitrogens with two attached hydrogens (primary N) is 1. The maximum absolute atomic E-state index is 5.89. The van der Waals surface area contributed by atoms with Crippen LogP contribution >= 0.6 is 11.8 Å². The van der Waals surface area contributed by atoms with Gasteiger partial charge in [0.15, 0.2) is 0 Å². The van der Waals surface area contributed by atoms with Gasteiger partial charge in [-0.3, -0.25) is 4.90 Å². The maximum atomic E-state index is 5.89. The predicted octanol–water partition coefficient (Wildman–Crippen LogP) is 0.564. The Hall–Kier alpha value is -0.590. The van der Waals surface area contributed by atoms with Crippen molar-refractivity contribution in [1.82, 2.24) is 19.7 Å². The molecule has 0 aliphatic carbocycles. The number of hydrogen-bond donors (Lipinski definition) is 1. The van der Waals surface area contributed by atoms with E-state index in [0.717, 1.165) is 32.0 Å². The molecule has 0 amide bonds. The molecular weight excluding hydrogens is 234 g/mol. The summed E-state index contributed by atoms with van der Waals surface area (Å²) >= 11 is 1.90. The Morgan fingerprint density at radius 3 is 3.18 bits per heavy atom. The summed E-state index contributed by atoms with van der Waals surface area (Å²) < 4.78 is 2.13. The molecule has 2 heterocycles. The molecule has 0 saturated heterocycles. The molecule has 1 aliphatic rings. The molecule has 2 N–H and O–H groups in total. The van der Waals surface area contributed by atoms with Crippen molar-refractivity contribution >= 4 is 11.8 Å². The summed E-state index contributed by atoms with van der Waals surface area (Å²) in [4.78, 5) is 2.45. The lowest BCUT2D eigenvalue weighted by Gasteiger charge is -2.33. The van der Waals surface area contributed by atoms with E-state index in [1.54, 1.807) is 0 Å². The number of aromatic nitrogens is 3. The van der Waals surface area contributed by atoms with E-state index in [4.69, 9.17) is 5.73 Å². The van der Waals surface area contributed by atoms with Crippen LogP contribution < -0.4 is 5.73 Å². The fourth-order valence-corrected chi connectivity index (χ4v) is 2.76. The normalized spacial score (nSPS) is 18.0. The SMILES string of the molecule is CSCCCC(CN)N1CCn2cnnc2C1. The first-order valence-corrected chi connectivity index (χ1v) is 7.54. The van der Waals surface area contributed by atoms with Crippen LogP contribution in [0.2, 0.25) is 0 Å². The van der Waals surface area contributed by atoms with Gasteiger partial charge in [0.25, 0.3) is 0 Å². The Morgan fingerprint density at radius 1 is 1.53 bits per heavy atom. The van der Waals surface area contributed by atoms with Gasteiger partial charge < -0.3 is 10.3 Å². The summed E-state index contributed by atoms with van der Waals surface area (Å²) in [5.74, 6) is 2.29. The van der Waals surface area contributed by atoms with Crippen molar-refractivity contribution in [2.45, 2.75) is 32.0 Å². The van der Waals surface area contributed by atoms with Gasteiger partial charge in [-0.2, -0.15) is 11.8 Å². The minimum atomic E-state index is 0.493. The Labute approximate surface area is 107 Å². The smallest absolute Gasteiger partial charge is 0.147 e. The zero-order chi connectivity index (χ0) is 12.1. The van der Waals surface area contributed by atoms with Crippen LogP contribution in [-0.4, -0.2) is 50.8 Å². The number of rotatable bonds is 6. The highest BCUT2D eigenvalue weighted by Crippen LogP contribution is 2.15. The fourth-order valence-electron chi connectivity index (χ4n) is 2.31. The van der Waals surface area contributed by atoms with E-state index in [1.807, 2.05) is 18.1 Å². The Kier molecular flexibility index (Phi) is 4.82. The molecule has 5 nitrogen and oxygen atoms in total. The third-order valence-corrected chi connectivity index (χ3v) is 4.04. The first kappa shape index (κ1) is 12.9. The molecule has 1 aromatic heterocycles. The van der Waals surface area contributed by atoms with Crippen LogP contribution in [0.1, 0.15) is 18.7 Å². The van der Waals surface area contributed by atoms with E-state index < -0.39 is 0 Å². The predicted molar refractivity (Wildman–Crippen MR) is 70.9 cm³/mol. The molecule has 1 aliphatic heterocycles. The summed E-state index contributed by atoms with van der Waals surface area (Å²) in [5.41, 5.74) is 5.89. The molecule has 0 radical (unpaired) electrons. The fraction of sp³-hybridized carbons (Fsp3) is 0.818.